The van der Waals surface area contributed by atoms with Crippen LogP contribution in [0.1, 0.15) is 13.3 Å². The summed E-state index contributed by atoms with van der Waals surface area (Å²) in [6.07, 6.45) is 2.77. The summed E-state index contributed by atoms with van der Waals surface area (Å²) in [5.74, 6) is 3.39. The van der Waals surface area contributed by atoms with Gasteiger partial charge in [0.2, 0.25) is 0 Å². The van der Waals surface area contributed by atoms with Crippen LogP contribution in [0.2, 0.25) is 5.15 Å². The first kappa shape index (κ1) is 11.0. The third-order valence-corrected chi connectivity index (χ3v) is 3.95. The van der Waals surface area contributed by atoms with E-state index < -0.39 is 0 Å². The lowest BCUT2D eigenvalue weighted by molar-refractivity contribution is 0.651. The predicted octanol–water partition coefficient (Wildman–Crippen LogP) is 2.46. The summed E-state index contributed by atoms with van der Waals surface area (Å²) in [4.78, 5) is 10.5. The lowest BCUT2D eigenvalue weighted by Crippen LogP contribution is -2.35. The highest BCUT2D eigenvalue weighted by molar-refractivity contribution is 7.99. The van der Waals surface area contributed by atoms with E-state index in [1.807, 2.05) is 17.8 Å². The first-order valence-corrected chi connectivity index (χ1v) is 6.66. The largest absolute Gasteiger partial charge is 0.353 e. The van der Waals surface area contributed by atoms with Gasteiger partial charge in [-0.25, -0.2) is 9.97 Å². The Morgan fingerprint density at radius 1 is 1.60 bits per heavy atom. The Kier molecular flexibility index (Phi) is 3.70. The van der Waals surface area contributed by atoms with Crippen LogP contribution in [0, 0.1) is 0 Å². The minimum absolute atomic E-state index is 0.518. The number of nitrogens with zero attached hydrogens (tertiary/aromatic N) is 3. The van der Waals surface area contributed by atoms with Gasteiger partial charge < -0.3 is 4.90 Å². The summed E-state index contributed by atoms with van der Waals surface area (Å²) in [6.45, 7) is 3.12. The van der Waals surface area contributed by atoms with Crippen LogP contribution in [0.4, 0.5) is 5.82 Å². The second kappa shape index (κ2) is 5.03. The fourth-order valence-electron chi connectivity index (χ4n) is 1.86. The van der Waals surface area contributed by atoms with E-state index in [0.29, 0.717) is 11.2 Å². The Bertz CT molecular complexity index is 328. The summed E-state index contributed by atoms with van der Waals surface area (Å²) in [6, 6.07) is 2.44. The maximum Gasteiger partial charge on any atom is 0.134 e. The van der Waals surface area contributed by atoms with E-state index in [9.17, 15) is 0 Å². The number of halogens is 1. The number of aromatic nitrogens is 2. The summed E-state index contributed by atoms with van der Waals surface area (Å²) >= 11 is 7.88. The third-order valence-electron chi connectivity index (χ3n) is 2.60. The topological polar surface area (TPSA) is 29.0 Å². The molecule has 0 aromatic carbocycles. The molecule has 0 saturated carbocycles. The molecular formula is C10H14ClN3S. The monoisotopic (exact) mass is 243 g/mol. The number of anilines is 1. The summed E-state index contributed by atoms with van der Waals surface area (Å²) in [5, 5.41) is 0.518. The van der Waals surface area contributed by atoms with Crippen molar-refractivity contribution in [3.63, 3.8) is 0 Å². The number of thioether (sulfide) groups is 1. The Labute approximate surface area is 99.2 Å². The molecule has 0 bridgehead atoms. The van der Waals surface area contributed by atoms with Crippen LogP contribution >= 0.6 is 23.4 Å². The second-order valence-corrected chi connectivity index (χ2v) is 5.04. The van der Waals surface area contributed by atoms with Gasteiger partial charge in [0, 0.05) is 24.4 Å². The summed E-state index contributed by atoms with van der Waals surface area (Å²) in [5.41, 5.74) is 0. The number of hydrogen-bond acceptors (Lipinski definition) is 4. The van der Waals surface area contributed by atoms with Gasteiger partial charge in [-0.05, 0) is 19.1 Å². The van der Waals surface area contributed by atoms with Crippen LogP contribution in [0.25, 0.3) is 0 Å². The molecule has 1 aromatic heterocycles. The summed E-state index contributed by atoms with van der Waals surface area (Å²) < 4.78 is 0. The molecule has 0 N–H and O–H groups in total. The fraction of sp³-hybridized carbons (Fsp3) is 0.600. The summed E-state index contributed by atoms with van der Waals surface area (Å²) in [7, 11) is 0. The van der Waals surface area contributed by atoms with Gasteiger partial charge in [0.1, 0.15) is 17.3 Å². The normalized spacial score (nSPS) is 20.5. The highest BCUT2D eigenvalue weighted by Crippen LogP contribution is 2.26. The van der Waals surface area contributed by atoms with Crippen molar-refractivity contribution < 1.29 is 0 Å². The van der Waals surface area contributed by atoms with Gasteiger partial charge >= 0.3 is 0 Å². The molecular weight excluding hydrogens is 230 g/mol. The molecule has 0 radical (unpaired) electrons. The molecule has 3 nitrogen and oxygen atoms in total. The molecule has 1 saturated heterocycles. The number of rotatable bonds is 3. The zero-order valence-electron chi connectivity index (χ0n) is 8.69. The third kappa shape index (κ3) is 2.55. The van der Waals surface area contributed by atoms with Gasteiger partial charge in [0.05, 0.1) is 0 Å². The molecule has 0 aliphatic carbocycles. The van der Waals surface area contributed by atoms with Crippen LogP contribution in [0.5, 0.6) is 0 Å². The van der Waals surface area contributed by atoms with Gasteiger partial charge in [-0.1, -0.05) is 11.6 Å². The fourth-order valence-corrected chi connectivity index (χ4v) is 3.22. The molecule has 2 rings (SSSR count). The molecule has 1 aromatic rings. The van der Waals surface area contributed by atoms with Crippen molar-refractivity contribution in [2.45, 2.75) is 19.4 Å². The van der Waals surface area contributed by atoms with Crippen LogP contribution in [-0.4, -0.2) is 34.1 Å². The van der Waals surface area contributed by atoms with E-state index >= 15 is 0 Å². The van der Waals surface area contributed by atoms with Crippen LogP contribution in [-0.2, 0) is 0 Å². The van der Waals surface area contributed by atoms with E-state index in [2.05, 4.69) is 21.8 Å². The molecule has 15 heavy (non-hydrogen) atoms. The van der Waals surface area contributed by atoms with Crippen LogP contribution in [0.3, 0.4) is 0 Å². The van der Waals surface area contributed by atoms with E-state index in [1.54, 1.807) is 0 Å². The molecule has 1 aliphatic rings. The van der Waals surface area contributed by atoms with Crippen molar-refractivity contribution in [2.24, 2.45) is 0 Å². The van der Waals surface area contributed by atoms with E-state index in [-0.39, 0.29) is 0 Å². The standard InChI is InChI=1S/C10H14ClN3S/c1-2-14(8-3-4-15-6-8)10-5-9(11)12-7-13-10/h5,7-8H,2-4,6H2,1H3/t8-/m0/s1. The van der Waals surface area contributed by atoms with Gasteiger partial charge in [0.25, 0.3) is 0 Å². The molecule has 0 unspecified atom stereocenters. The zero-order valence-corrected chi connectivity index (χ0v) is 10.3. The highest BCUT2D eigenvalue weighted by Gasteiger charge is 2.22. The first-order valence-electron chi connectivity index (χ1n) is 5.13. The van der Waals surface area contributed by atoms with Crippen molar-refractivity contribution in [3.8, 4) is 0 Å². The van der Waals surface area contributed by atoms with E-state index in [0.717, 1.165) is 12.4 Å². The molecule has 2 heterocycles. The molecule has 5 heteroatoms. The molecule has 1 fully saturated rings. The molecule has 1 atom stereocenters. The average molecular weight is 244 g/mol. The van der Waals surface area contributed by atoms with Gasteiger partial charge in [0.15, 0.2) is 0 Å². The quantitative estimate of drug-likeness (QED) is 0.763. The SMILES string of the molecule is CCN(c1cc(Cl)ncn1)[C@H]1CCSC1. The molecule has 0 spiro atoms. The van der Waals surface area contributed by atoms with Crippen molar-refractivity contribution in [1.82, 2.24) is 9.97 Å². The van der Waals surface area contributed by atoms with Crippen molar-refractivity contribution >= 4 is 29.2 Å². The lowest BCUT2D eigenvalue weighted by atomic mass is 10.2. The van der Waals surface area contributed by atoms with Gasteiger partial charge in [-0.15, -0.1) is 0 Å². The zero-order chi connectivity index (χ0) is 10.7. The minimum atomic E-state index is 0.518. The Morgan fingerprint density at radius 3 is 3.07 bits per heavy atom. The predicted molar refractivity (Wildman–Crippen MR) is 65.8 cm³/mol. The van der Waals surface area contributed by atoms with Crippen molar-refractivity contribution in [1.29, 1.82) is 0 Å². The van der Waals surface area contributed by atoms with Gasteiger partial charge in [-0.2, -0.15) is 11.8 Å². The Hall–Kier alpha value is -0.480. The molecule has 1 aliphatic heterocycles. The minimum Gasteiger partial charge on any atom is -0.353 e. The van der Waals surface area contributed by atoms with Gasteiger partial charge in [-0.3, -0.25) is 0 Å². The van der Waals surface area contributed by atoms with E-state index in [1.165, 1.54) is 24.3 Å². The Morgan fingerprint density at radius 2 is 2.47 bits per heavy atom. The number of hydrogen-bond donors (Lipinski definition) is 0. The maximum atomic E-state index is 5.87. The molecule has 82 valence electrons. The smallest absolute Gasteiger partial charge is 0.134 e. The second-order valence-electron chi connectivity index (χ2n) is 3.50. The van der Waals surface area contributed by atoms with E-state index in [4.69, 9.17) is 11.6 Å². The van der Waals surface area contributed by atoms with Crippen molar-refractivity contribution in [3.05, 3.63) is 17.5 Å². The van der Waals surface area contributed by atoms with Crippen LogP contribution < -0.4 is 4.90 Å². The van der Waals surface area contributed by atoms with Crippen LogP contribution in [0.15, 0.2) is 12.4 Å². The average Bonchev–Trinajstić information content (AvgIpc) is 2.72. The maximum absolute atomic E-state index is 5.87. The molecule has 0 amide bonds. The highest BCUT2D eigenvalue weighted by atomic mass is 35.5. The first-order chi connectivity index (χ1) is 7.31. The Balaban J connectivity index is 2.18. The lowest BCUT2D eigenvalue weighted by Gasteiger charge is -2.28. The van der Waals surface area contributed by atoms with Crippen molar-refractivity contribution in [2.75, 3.05) is 23.0 Å².